The number of aryl methyl sites for hydroxylation is 2. The van der Waals surface area contributed by atoms with Crippen LogP contribution in [0.25, 0.3) is 11.0 Å². The number of imidazole rings is 1. The number of nitrogens with zero attached hydrogens (tertiary/aromatic N) is 5. The third-order valence-corrected chi connectivity index (χ3v) is 4.92. The third-order valence-electron chi connectivity index (χ3n) is 4.92. The van der Waals surface area contributed by atoms with E-state index in [1.165, 1.54) is 6.20 Å². The maximum atomic E-state index is 13.0. The van der Waals surface area contributed by atoms with Gasteiger partial charge in [0.2, 0.25) is 11.7 Å². The Kier molecular flexibility index (Phi) is 3.97. The van der Waals surface area contributed by atoms with Crippen molar-refractivity contribution in [1.29, 1.82) is 0 Å². The van der Waals surface area contributed by atoms with E-state index in [0.717, 1.165) is 15.6 Å². The number of hydrogen-bond acceptors (Lipinski definition) is 4. The van der Waals surface area contributed by atoms with Crippen LogP contribution in [-0.2, 0) is 37.4 Å². The first-order valence-electron chi connectivity index (χ1n) is 8.62. The molecule has 8 nitrogen and oxygen atoms in total. The molecule has 1 amide bonds. The Morgan fingerprint density at radius 2 is 2.22 bits per heavy atom. The quantitative estimate of drug-likeness (QED) is 0.728. The molecular weight excluding hydrogens is 363 g/mol. The summed E-state index contributed by atoms with van der Waals surface area (Å²) < 4.78 is 41.7. The molecule has 4 heterocycles. The van der Waals surface area contributed by atoms with Crippen molar-refractivity contribution in [3.05, 3.63) is 23.4 Å². The Morgan fingerprint density at radius 1 is 1.44 bits per heavy atom. The fraction of sp³-hybridized carbons (Fsp3) is 0.500. The predicted octanol–water partition coefficient (Wildman–Crippen LogP) is 2.28. The second-order valence-corrected chi connectivity index (χ2v) is 6.62. The van der Waals surface area contributed by atoms with E-state index in [2.05, 4.69) is 25.6 Å². The summed E-state index contributed by atoms with van der Waals surface area (Å²) in [4.78, 5) is 16.2. The number of fused-ring (bicyclic) bond motifs is 2. The molecule has 1 unspecified atom stereocenters. The average Bonchev–Trinajstić information content (AvgIpc) is 3.29. The molecule has 4 rings (SSSR count). The Bertz CT molecular complexity index is 1010. The van der Waals surface area contributed by atoms with Crippen LogP contribution in [0.15, 0.2) is 6.20 Å². The van der Waals surface area contributed by atoms with Crippen molar-refractivity contribution < 1.29 is 18.0 Å². The predicted molar refractivity (Wildman–Crippen MR) is 89.9 cm³/mol. The van der Waals surface area contributed by atoms with Gasteiger partial charge in [0.1, 0.15) is 5.82 Å². The van der Waals surface area contributed by atoms with Gasteiger partial charge in [-0.1, -0.05) is 6.92 Å². The first-order valence-corrected chi connectivity index (χ1v) is 8.62. The molecule has 0 spiro atoms. The van der Waals surface area contributed by atoms with Crippen LogP contribution >= 0.6 is 0 Å². The number of nitrogens with one attached hydrogen (secondary N) is 2. The first-order chi connectivity index (χ1) is 12.8. The van der Waals surface area contributed by atoms with Gasteiger partial charge < -0.3 is 9.88 Å². The van der Waals surface area contributed by atoms with Gasteiger partial charge >= 0.3 is 6.18 Å². The summed E-state index contributed by atoms with van der Waals surface area (Å²) in [5.74, 6) is -1.13. The maximum Gasteiger partial charge on any atom is 0.449 e. The molecule has 2 N–H and O–H groups in total. The van der Waals surface area contributed by atoms with E-state index in [-0.39, 0.29) is 18.9 Å². The van der Waals surface area contributed by atoms with E-state index in [9.17, 15) is 18.0 Å². The molecule has 144 valence electrons. The third kappa shape index (κ3) is 2.86. The van der Waals surface area contributed by atoms with Crippen LogP contribution in [0.5, 0.6) is 0 Å². The minimum absolute atomic E-state index is 0.105. The number of aromatic amines is 1. The molecule has 0 bridgehead atoms. The molecule has 0 saturated carbocycles. The number of H-pyrrole nitrogens is 1. The van der Waals surface area contributed by atoms with Crippen molar-refractivity contribution in [1.82, 2.24) is 29.5 Å². The number of hydrogen-bond donors (Lipinski definition) is 2. The number of amides is 1. The molecule has 0 aliphatic carbocycles. The van der Waals surface area contributed by atoms with Crippen LogP contribution < -0.4 is 5.32 Å². The van der Waals surface area contributed by atoms with Gasteiger partial charge in [-0.3, -0.25) is 9.89 Å². The maximum absolute atomic E-state index is 13.0. The normalized spacial score (nSPS) is 17.3. The van der Waals surface area contributed by atoms with Gasteiger partial charge in [0.15, 0.2) is 5.65 Å². The van der Waals surface area contributed by atoms with Gasteiger partial charge in [0, 0.05) is 37.8 Å². The highest BCUT2D eigenvalue weighted by Gasteiger charge is 2.39. The van der Waals surface area contributed by atoms with Crippen molar-refractivity contribution in [3.63, 3.8) is 0 Å². The summed E-state index contributed by atoms with van der Waals surface area (Å²) in [6.45, 7) is 2.06. The van der Waals surface area contributed by atoms with Crippen LogP contribution in [-0.4, -0.2) is 35.4 Å². The number of halogens is 3. The van der Waals surface area contributed by atoms with Crippen molar-refractivity contribution >= 4 is 22.8 Å². The zero-order valence-corrected chi connectivity index (χ0v) is 14.8. The van der Waals surface area contributed by atoms with Gasteiger partial charge in [-0.05, 0) is 12.8 Å². The average molecular weight is 381 g/mol. The van der Waals surface area contributed by atoms with E-state index in [4.69, 9.17) is 0 Å². The van der Waals surface area contributed by atoms with Crippen molar-refractivity contribution in [2.45, 2.75) is 38.9 Å². The summed E-state index contributed by atoms with van der Waals surface area (Å²) in [5.41, 5.74) is 1.87. The van der Waals surface area contributed by atoms with Gasteiger partial charge in [-0.15, -0.1) is 0 Å². The number of rotatable bonds is 3. The van der Waals surface area contributed by atoms with Crippen LogP contribution in [0.3, 0.4) is 0 Å². The van der Waals surface area contributed by atoms with E-state index in [1.807, 2.05) is 6.92 Å². The lowest BCUT2D eigenvalue weighted by Gasteiger charge is -2.24. The van der Waals surface area contributed by atoms with Gasteiger partial charge in [0.25, 0.3) is 0 Å². The highest BCUT2D eigenvalue weighted by molar-refractivity contribution is 6.00. The zero-order chi connectivity index (χ0) is 19.3. The molecule has 0 saturated heterocycles. The van der Waals surface area contributed by atoms with E-state index in [0.29, 0.717) is 30.0 Å². The summed E-state index contributed by atoms with van der Waals surface area (Å²) in [7, 11) is 1.77. The Hall–Kier alpha value is -2.85. The van der Waals surface area contributed by atoms with Crippen LogP contribution in [0.2, 0.25) is 0 Å². The minimum atomic E-state index is -4.49. The van der Waals surface area contributed by atoms with Crippen molar-refractivity contribution in [3.8, 4) is 0 Å². The first kappa shape index (κ1) is 17.6. The molecule has 0 aromatic carbocycles. The number of carbonyl (C=O) groups excluding carboxylic acids is 1. The smallest absolute Gasteiger partial charge is 0.324 e. The van der Waals surface area contributed by atoms with Gasteiger partial charge in [0.05, 0.1) is 11.1 Å². The highest BCUT2D eigenvalue weighted by atomic mass is 19.4. The minimum Gasteiger partial charge on any atom is -0.324 e. The zero-order valence-electron chi connectivity index (χ0n) is 14.8. The van der Waals surface area contributed by atoms with Crippen LogP contribution in [0.1, 0.15) is 30.6 Å². The van der Waals surface area contributed by atoms with Crippen LogP contribution in [0, 0.1) is 5.92 Å². The lowest BCUT2D eigenvalue weighted by Crippen LogP contribution is -2.31. The van der Waals surface area contributed by atoms with E-state index >= 15 is 0 Å². The van der Waals surface area contributed by atoms with Gasteiger partial charge in [-0.25, -0.2) is 9.67 Å². The Labute approximate surface area is 151 Å². The molecular formula is C16H18F3N7O. The monoisotopic (exact) mass is 381 g/mol. The lowest BCUT2D eigenvalue weighted by atomic mass is 9.95. The largest absolute Gasteiger partial charge is 0.449 e. The number of carbonyl (C=O) groups is 1. The fourth-order valence-corrected chi connectivity index (χ4v) is 3.59. The standard InChI is InChI=1S/C16H18F3N7O/c1-3-10-11-12(22-23-13(11)25(2)24-10)21-14(27)8-4-5-26-9(6-8)7-20-15(26)16(17,18)19/h7-8H,3-6H2,1-2H3,(H2,21,22,23,27). The molecule has 3 aromatic heterocycles. The Morgan fingerprint density at radius 3 is 2.93 bits per heavy atom. The van der Waals surface area contributed by atoms with E-state index in [1.54, 1.807) is 11.7 Å². The molecule has 0 fully saturated rings. The molecule has 1 aliphatic rings. The number of alkyl halides is 3. The molecule has 1 atom stereocenters. The summed E-state index contributed by atoms with van der Waals surface area (Å²) in [5, 5.41) is 14.9. The molecule has 27 heavy (non-hydrogen) atoms. The number of anilines is 1. The summed E-state index contributed by atoms with van der Waals surface area (Å²) in [6, 6.07) is 0. The topological polar surface area (TPSA) is 93.4 Å². The lowest BCUT2D eigenvalue weighted by molar-refractivity contribution is -0.147. The molecule has 11 heteroatoms. The van der Waals surface area contributed by atoms with Crippen LogP contribution in [0.4, 0.5) is 19.0 Å². The second-order valence-electron chi connectivity index (χ2n) is 6.62. The molecule has 1 aliphatic heterocycles. The highest BCUT2D eigenvalue weighted by Crippen LogP contribution is 2.33. The molecule has 0 radical (unpaired) electrons. The van der Waals surface area contributed by atoms with E-state index < -0.39 is 17.9 Å². The fourth-order valence-electron chi connectivity index (χ4n) is 3.59. The van der Waals surface area contributed by atoms with Crippen molar-refractivity contribution in [2.24, 2.45) is 13.0 Å². The summed E-state index contributed by atoms with van der Waals surface area (Å²) in [6.07, 6.45) is -2.09. The molecule has 3 aromatic rings. The Balaban J connectivity index is 1.54. The van der Waals surface area contributed by atoms with Gasteiger partial charge in [-0.2, -0.15) is 23.4 Å². The number of aromatic nitrogens is 6. The van der Waals surface area contributed by atoms with Crippen molar-refractivity contribution in [2.75, 3.05) is 5.32 Å². The SMILES string of the molecule is CCc1nn(C)c2n[nH]c(NC(=O)C3CCn4c(cnc4C(F)(F)F)C3)c12. The summed E-state index contributed by atoms with van der Waals surface area (Å²) >= 11 is 0. The second kappa shape index (κ2) is 6.10.